The Morgan fingerprint density at radius 3 is 1.72 bits per heavy atom. The number of hydrogen-bond acceptors (Lipinski definition) is 2. The summed E-state index contributed by atoms with van der Waals surface area (Å²) in [6.07, 6.45) is 0. The van der Waals surface area contributed by atoms with Crippen molar-refractivity contribution in [3.8, 4) is 22.5 Å². The molecule has 0 N–H and O–H groups in total. The smallest absolute Gasteiger partial charge is 0.160 e. The average Bonchev–Trinajstić information content (AvgIpc) is 3.18. The number of aromatic nitrogens is 3. The van der Waals surface area contributed by atoms with Crippen molar-refractivity contribution in [1.29, 1.82) is 0 Å². The number of fused-ring (bicyclic) bond motifs is 3. The minimum absolute atomic E-state index is 0.748. The molecule has 6 aromatic rings. The van der Waals surface area contributed by atoms with Crippen LogP contribution >= 0.6 is 0 Å². The van der Waals surface area contributed by atoms with Crippen LogP contribution in [0, 0.1) is 0 Å². The van der Waals surface area contributed by atoms with Crippen molar-refractivity contribution in [2.75, 3.05) is 0 Å². The molecular formula is C29H21N3. The normalized spacial score (nSPS) is 11.2. The number of hydrogen-bond donors (Lipinski definition) is 0. The SMILES string of the molecule is c1ccc(Cn2c3ccccc3c3nc(-c4ccccc4)c(-c4ccccc4)nc32)cc1. The molecule has 0 saturated carbocycles. The van der Waals surface area contributed by atoms with E-state index in [-0.39, 0.29) is 0 Å². The van der Waals surface area contributed by atoms with E-state index in [1.54, 1.807) is 0 Å². The number of rotatable bonds is 4. The zero-order chi connectivity index (χ0) is 21.3. The molecule has 0 aliphatic rings. The fraction of sp³-hybridized carbons (Fsp3) is 0.0345. The van der Waals surface area contributed by atoms with Crippen molar-refractivity contribution in [2.24, 2.45) is 0 Å². The van der Waals surface area contributed by atoms with E-state index in [1.807, 2.05) is 12.1 Å². The van der Waals surface area contributed by atoms with Crippen molar-refractivity contribution in [3.63, 3.8) is 0 Å². The molecule has 0 aliphatic carbocycles. The van der Waals surface area contributed by atoms with Gasteiger partial charge in [-0.15, -0.1) is 0 Å². The second kappa shape index (κ2) is 7.78. The highest BCUT2D eigenvalue weighted by Crippen LogP contribution is 2.35. The van der Waals surface area contributed by atoms with Crippen molar-refractivity contribution in [1.82, 2.24) is 14.5 Å². The van der Waals surface area contributed by atoms with E-state index in [9.17, 15) is 0 Å². The Morgan fingerprint density at radius 1 is 0.531 bits per heavy atom. The van der Waals surface area contributed by atoms with Gasteiger partial charge in [0.2, 0.25) is 0 Å². The van der Waals surface area contributed by atoms with Gasteiger partial charge in [-0.05, 0) is 11.6 Å². The van der Waals surface area contributed by atoms with Crippen LogP contribution in [-0.4, -0.2) is 14.5 Å². The summed E-state index contributed by atoms with van der Waals surface area (Å²) in [6.45, 7) is 0.748. The lowest BCUT2D eigenvalue weighted by atomic mass is 10.0. The fourth-order valence-corrected chi connectivity index (χ4v) is 4.34. The van der Waals surface area contributed by atoms with Gasteiger partial charge in [-0.2, -0.15) is 0 Å². The van der Waals surface area contributed by atoms with Crippen LogP contribution in [0.1, 0.15) is 5.56 Å². The molecule has 4 aromatic carbocycles. The molecule has 0 fully saturated rings. The van der Waals surface area contributed by atoms with Crippen LogP contribution < -0.4 is 0 Å². The minimum atomic E-state index is 0.748. The Hall–Kier alpha value is -4.24. The van der Waals surface area contributed by atoms with Gasteiger partial charge in [-0.1, -0.05) is 109 Å². The van der Waals surface area contributed by atoms with Crippen molar-refractivity contribution in [3.05, 3.63) is 121 Å². The Morgan fingerprint density at radius 2 is 1.06 bits per heavy atom. The second-order valence-corrected chi connectivity index (χ2v) is 7.91. The molecule has 0 spiro atoms. The quantitative estimate of drug-likeness (QED) is 0.314. The summed E-state index contributed by atoms with van der Waals surface area (Å²) >= 11 is 0. The van der Waals surface area contributed by atoms with Gasteiger partial charge in [-0.3, -0.25) is 0 Å². The third-order valence-electron chi connectivity index (χ3n) is 5.86. The number of para-hydroxylation sites is 1. The summed E-state index contributed by atoms with van der Waals surface area (Å²) in [5.41, 5.74) is 8.19. The highest BCUT2D eigenvalue weighted by atomic mass is 15.1. The van der Waals surface area contributed by atoms with E-state index in [0.717, 1.165) is 51.1 Å². The molecule has 152 valence electrons. The standard InChI is InChI=1S/C29H21N3/c1-4-12-21(13-5-1)20-32-25-19-11-10-18-24(25)28-29(32)31-27(23-16-8-3-9-17-23)26(30-28)22-14-6-2-7-15-22/h1-19H,20H2. The molecule has 0 radical (unpaired) electrons. The molecule has 3 nitrogen and oxygen atoms in total. The van der Waals surface area contributed by atoms with E-state index >= 15 is 0 Å². The topological polar surface area (TPSA) is 30.7 Å². The second-order valence-electron chi connectivity index (χ2n) is 7.91. The Labute approximate surface area is 186 Å². The van der Waals surface area contributed by atoms with E-state index < -0.39 is 0 Å². The van der Waals surface area contributed by atoms with Crippen LogP contribution in [0.15, 0.2) is 115 Å². The highest BCUT2D eigenvalue weighted by Gasteiger charge is 2.19. The maximum atomic E-state index is 5.26. The summed E-state index contributed by atoms with van der Waals surface area (Å²) in [5.74, 6) is 0. The third-order valence-corrected chi connectivity index (χ3v) is 5.86. The maximum absolute atomic E-state index is 5.26. The fourth-order valence-electron chi connectivity index (χ4n) is 4.34. The third kappa shape index (κ3) is 3.15. The minimum Gasteiger partial charge on any atom is -0.319 e. The number of benzene rings is 4. The largest absolute Gasteiger partial charge is 0.319 e. The van der Waals surface area contributed by atoms with Gasteiger partial charge in [-0.25, -0.2) is 9.97 Å². The van der Waals surface area contributed by atoms with Gasteiger partial charge in [0.05, 0.1) is 16.9 Å². The number of nitrogens with zero attached hydrogens (tertiary/aromatic N) is 3. The monoisotopic (exact) mass is 411 g/mol. The van der Waals surface area contributed by atoms with Gasteiger partial charge >= 0.3 is 0 Å². The van der Waals surface area contributed by atoms with Crippen LogP contribution in [0.5, 0.6) is 0 Å². The van der Waals surface area contributed by atoms with Crippen LogP contribution in [0.2, 0.25) is 0 Å². The molecule has 0 amide bonds. The summed E-state index contributed by atoms with van der Waals surface area (Å²) in [4.78, 5) is 10.5. The molecule has 3 heteroatoms. The molecular weight excluding hydrogens is 390 g/mol. The van der Waals surface area contributed by atoms with Gasteiger partial charge in [0.25, 0.3) is 0 Å². The molecule has 32 heavy (non-hydrogen) atoms. The van der Waals surface area contributed by atoms with Gasteiger partial charge in [0, 0.05) is 23.1 Å². The average molecular weight is 412 g/mol. The first-order valence-electron chi connectivity index (χ1n) is 10.8. The molecule has 2 heterocycles. The van der Waals surface area contributed by atoms with E-state index in [2.05, 4.69) is 108 Å². The summed E-state index contributed by atoms with van der Waals surface area (Å²) in [7, 11) is 0. The molecule has 6 rings (SSSR count). The zero-order valence-electron chi connectivity index (χ0n) is 17.5. The van der Waals surface area contributed by atoms with E-state index in [0.29, 0.717) is 0 Å². The van der Waals surface area contributed by atoms with Crippen molar-refractivity contribution >= 4 is 22.1 Å². The molecule has 0 unspecified atom stereocenters. The van der Waals surface area contributed by atoms with Crippen molar-refractivity contribution < 1.29 is 0 Å². The predicted octanol–water partition coefficient (Wildman–Crippen LogP) is 6.97. The molecule has 0 saturated heterocycles. The lowest BCUT2D eigenvalue weighted by Gasteiger charge is -2.11. The summed E-state index contributed by atoms with van der Waals surface area (Å²) in [6, 6.07) is 39.7. The van der Waals surface area contributed by atoms with E-state index in [4.69, 9.17) is 9.97 Å². The first-order chi connectivity index (χ1) is 15.9. The lowest BCUT2D eigenvalue weighted by molar-refractivity contribution is 0.855. The Bertz CT molecular complexity index is 1520. The van der Waals surface area contributed by atoms with Crippen molar-refractivity contribution in [2.45, 2.75) is 6.54 Å². The molecule has 2 aromatic heterocycles. The Balaban J connectivity index is 1.69. The maximum Gasteiger partial charge on any atom is 0.160 e. The zero-order valence-corrected chi connectivity index (χ0v) is 17.5. The summed E-state index contributed by atoms with van der Waals surface area (Å²) in [5, 5.41) is 1.13. The van der Waals surface area contributed by atoms with Gasteiger partial charge in [0.15, 0.2) is 5.65 Å². The lowest BCUT2D eigenvalue weighted by Crippen LogP contribution is -2.02. The van der Waals surface area contributed by atoms with Crippen LogP contribution in [-0.2, 0) is 6.54 Å². The van der Waals surface area contributed by atoms with Crippen LogP contribution in [0.4, 0.5) is 0 Å². The first-order valence-corrected chi connectivity index (χ1v) is 10.8. The first kappa shape index (κ1) is 18.5. The molecule has 0 bridgehead atoms. The van der Waals surface area contributed by atoms with Gasteiger partial charge in [0.1, 0.15) is 5.52 Å². The van der Waals surface area contributed by atoms with Crippen LogP contribution in [0.3, 0.4) is 0 Å². The highest BCUT2D eigenvalue weighted by molar-refractivity contribution is 6.06. The van der Waals surface area contributed by atoms with Crippen LogP contribution in [0.25, 0.3) is 44.6 Å². The predicted molar refractivity (Wildman–Crippen MR) is 131 cm³/mol. The van der Waals surface area contributed by atoms with E-state index in [1.165, 1.54) is 5.56 Å². The molecule has 0 atom stereocenters. The summed E-state index contributed by atoms with van der Waals surface area (Å²) < 4.78 is 2.29. The van der Waals surface area contributed by atoms with Gasteiger partial charge < -0.3 is 4.57 Å². The molecule has 0 aliphatic heterocycles. The Kier molecular flexibility index (Phi) is 4.51.